The van der Waals surface area contributed by atoms with Gasteiger partial charge in [-0.05, 0) is 61.1 Å². The Morgan fingerprint density at radius 1 is 0.919 bits per heavy atom. The summed E-state index contributed by atoms with van der Waals surface area (Å²) >= 11 is 1.23. The van der Waals surface area contributed by atoms with Crippen LogP contribution < -0.4 is 19.8 Å². The number of hydrogen-bond donors (Lipinski definition) is 0. The van der Waals surface area contributed by atoms with Crippen molar-refractivity contribution >= 4 is 28.4 Å². The van der Waals surface area contributed by atoms with Crippen LogP contribution in [-0.4, -0.2) is 42.4 Å². The van der Waals surface area contributed by atoms with Crippen LogP contribution in [0.1, 0.15) is 34.3 Å². The van der Waals surface area contributed by atoms with Crippen LogP contribution in [0.3, 0.4) is 0 Å². The lowest BCUT2D eigenvalue weighted by molar-refractivity contribution is 0.102. The fraction of sp³-hybridized carbons (Fsp3) is 0.276. The van der Waals surface area contributed by atoms with E-state index in [1.54, 1.807) is 6.07 Å². The van der Waals surface area contributed by atoms with Gasteiger partial charge in [0.2, 0.25) is 5.75 Å². The third-order valence-electron chi connectivity index (χ3n) is 6.65. The summed E-state index contributed by atoms with van der Waals surface area (Å²) in [5, 5.41) is 0.712. The highest BCUT2D eigenvalue weighted by atomic mass is 32.2. The van der Waals surface area contributed by atoms with E-state index in [4.69, 9.17) is 19.2 Å². The SMILES string of the molecule is COc1cc2c(=O)n(-c3ccccc3)c(SCC(=O)c3ccc4c(c3)CCCC4)nc2c(OC)c1OC. The molecule has 0 saturated heterocycles. The second-order valence-corrected chi connectivity index (χ2v) is 9.76. The molecule has 5 rings (SSSR count). The van der Waals surface area contributed by atoms with Crippen molar-refractivity contribution in [2.45, 2.75) is 30.8 Å². The summed E-state index contributed by atoms with van der Waals surface area (Å²) in [6.07, 6.45) is 4.42. The second-order valence-electron chi connectivity index (χ2n) is 8.81. The van der Waals surface area contributed by atoms with E-state index in [1.807, 2.05) is 42.5 Å². The molecule has 0 saturated carbocycles. The zero-order valence-corrected chi connectivity index (χ0v) is 21.9. The number of aryl methyl sites for hydroxylation is 2. The molecule has 1 aliphatic rings. The third kappa shape index (κ3) is 4.69. The van der Waals surface area contributed by atoms with Crippen LogP contribution in [0.5, 0.6) is 17.2 Å². The maximum atomic E-state index is 13.8. The summed E-state index contributed by atoms with van der Waals surface area (Å²) in [4.78, 5) is 31.9. The van der Waals surface area contributed by atoms with Gasteiger partial charge < -0.3 is 14.2 Å². The van der Waals surface area contributed by atoms with Gasteiger partial charge in [-0.1, -0.05) is 42.1 Å². The highest BCUT2D eigenvalue weighted by molar-refractivity contribution is 7.99. The summed E-state index contributed by atoms with van der Waals surface area (Å²) in [5.41, 5.74) is 3.99. The number of fused-ring (bicyclic) bond motifs is 2. The molecule has 190 valence electrons. The molecule has 1 aromatic heterocycles. The summed E-state index contributed by atoms with van der Waals surface area (Å²) in [5.74, 6) is 1.15. The molecule has 0 spiro atoms. The fourth-order valence-corrected chi connectivity index (χ4v) is 5.69. The number of rotatable bonds is 8. The first-order valence-electron chi connectivity index (χ1n) is 12.1. The molecule has 0 bridgehead atoms. The Morgan fingerprint density at radius 3 is 2.35 bits per heavy atom. The molecule has 0 fully saturated rings. The number of carbonyl (C=O) groups excluding carboxylic acids is 1. The van der Waals surface area contributed by atoms with Gasteiger partial charge >= 0.3 is 0 Å². The van der Waals surface area contributed by atoms with Crippen LogP contribution in [0.2, 0.25) is 0 Å². The fourth-order valence-electron chi connectivity index (χ4n) is 4.79. The monoisotopic (exact) mass is 516 g/mol. The van der Waals surface area contributed by atoms with Gasteiger partial charge in [0.1, 0.15) is 5.52 Å². The normalized spacial score (nSPS) is 12.7. The maximum absolute atomic E-state index is 13.8. The zero-order chi connectivity index (χ0) is 25.9. The summed E-state index contributed by atoms with van der Waals surface area (Å²) < 4.78 is 18.1. The topological polar surface area (TPSA) is 79.7 Å². The number of ketones is 1. The van der Waals surface area contributed by atoms with Gasteiger partial charge in [0.05, 0.1) is 38.2 Å². The lowest BCUT2D eigenvalue weighted by Crippen LogP contribution is -2.22. The Hall–Kier alpha value is -3.78. The largest absolute Gasteiger partial charge is 0.493 e. The first-order chi connectivity index (χ1) is 18.0. The number of benzene rings is 3. The van der Waals surface area contributed by atoms with Crippen molar-refractivity contribution < 1.29 is 19.0 Å². The Labute approximate surface area is 219 Å². The molecule has 0 radical (unpaired) electrons. The Bertz CT molecular complexity index is 1530. The van der Waals surface area contributed by atoms with Crippen LogP contribution in [0, 0.1) is 0 Å². The number of carbonyl (C=O) groups is 1. The van der Waals surface area contributed by atoms with Crippen molar-refractivity contribution in [1.29, 1.82) is 0 Å². The molecule has 0 amide bonds. The van der Waals surface area contributed by atoms with Gasteiger partial charge in [-0.3, -0.25) is 14.2 Å². The van der Waals surface area contributed by atoms with E-state index < -0.39 is 0 Å². The van der Waals surface area contributed by atoms with E-state index in [1.165, 1.54) is 55.2 Å². The molecule has 7 nitrogen and oxygen atoms in total. The van der Waals surface area contributed by atoms with E-state index in [0.29, 0.717) is 44.6 Å². The van der Waals surface area contributed by atoms with Crippen molar-refractivity contribution in [1.82, 2.24) is 9.55 Å². The van der Waals surface area contributed by atoms with Gasteiger partial charge in [0.25, 0.3) is 5.56 Å². The van der Waals surface area contributed by atoms with Crippen LogP contribution >= 0.6 is 11.8 Å². The predicted octanol–water partition coefficient (Wildman–Crippen LogP) is 5.27. The quantitative estimate of drug-likeness (QED) is 0.179. The molecular weight excluding hydrogens is 488 g/mol. The van der Waals surface area contributed by atoms with E-state index >= 15 is 0 Å². The third-order valence-corrected chi connectivity index (χ3v) is 7.59. The average molecular weight is 517 g/mol. The Morgan fingerprint density at radius 2 is 1.65 bits per heavy atom. The lowest BCUT2D eigenvalue weighted by Gasteiger charge is -2.18. The zero-order valence-electron chi connectivity index (χ0n) is 21.1. The first kappa shape index (κ1) is 24.9. The smallest absolute Gasteiger partial charge is 0.266 e. The molecule has 0 unspecified atom stereocenters. The highest BCUT2D eigenvalue weighted by Crippen LogP contribution is 2.42. The molecule has 3 aromatic carbocycles. The van der Waals surface area contributed by atoms with Crippen LogP contribution in [-0.2, 0) is 12.8 Å². The number of methoxy groups -OCH3 is 3. The van der Waals surface area contributed by atoms with Gasteiger partial charge in [-0.2, -0.15) is 0 Å². The molecular formula is C29H28N2O5S. The minimum atomic E-state index is -0.292. The number of Topliss-reactive ketones (excluding diaryl/α,β-unsaturated/α-hetero) is 1. The van der Waals surface area contributed by atoms with Crippen molar-refractivity contribution in [3.63, 3.8) is 0 Å². The summed E-state index contributed by atoms with van der Waals surface area (Å²) in [6.45, 7) is 0. The van der Waals surface area contributed by atoms with Crippen molar-refractivity contribution in [2.75, 3.05) is 27.1 Å². The molecule has 0 N–H and O–H groups in total. The second kappa shape index (κ2) is 10.7. The van der Waals surface area contributed by atoms with Gasteiger partial charge in [0, 0.05) is 5.56 Å². The Balaban J connectivity index is 1.60. The van der Waals surface area contributed by atoms with Crippen LogP contribution in [0.25, 0.3) is 16.6 Å². The van der Waals surface area contributed by atoms with Crippen LogP contribution in [0.4, 0.5) is 0 Å². The maximum Gasteiger partial charge on any atom is 0.266 e. The van der Waals surface area contributed by atoms with E-state index in [0.717, 1.165) is 19.3 Å². The minimum Gasteiger partial charge on any atom is -0.493 e. The lowest BCUT2D eigenvalue weighted by atomic mass is 9.90. The van der Waals surface area contributed by atoms with Crippen molar-refractivity contribution in [2.24, 2.45) is 0 Å². The van der Waals surface area contributed by atoms with Crippen molar-refractivity contribution in [3.05, 3.63) is 81.6 Å². The first-order valence-corrected chi connectivity index (χ1v) is 13.1. The molecule has 4 aromatic rings. The number of hydrogen-bond acceptors (Lipinski definition) is 7. The minimum absolute atomic E-state index is 0.00777. The summed E-state index contributed by atoms with van der Waals surface area (Å²) in [6, 6.07) is 16.9. The number of nitrogens with zero attached hydrogens (tertiary/aromatic N) is 2. The van der Waals surface area contributed by atoms with Gasteiger partial charge in [-0.15, -0.1) is 0 Å². The van der Waals surface area contributed by atoms with E-state index in [9.17, 15) is 9.59 Å². The molecule has 8 heteroatoms. The number of aromatic nitrogens is 2. The molecule has 37 heavy (non-hydrogen) atoms. The van der Waals surface area contributed by atoms with Crippen molar-refractivity contribution in [3.8, 4) is 22.9 Å². The summed E-state index contributed by atoms with van der Waals surface area (Å²) in [7, 11) is 4.50. The standard InChI is InChI=1S/C29H28N2O5S/c1-34-24-16-22-25(27(36-3)26(24)35-2)30-29(31(28(22)33)21-11-5-4-6-12-21)37-17-23(32)20-14-13-18-9-7-8-10-19(18)15-20/h4-6,11-16H,7-10,17H2,1-3H3. The predicted molar refractivity (Wildman–Crippen MR) is 145 cm³/mol. The van der Waals surface area contributed by atoms with E-state index in [-0.39, 0.29) is 17.1 Å². The van der Waals surface area contributed by atoms with Gasteiger partial charge in [-0.25, -0.2) is 4.98 Å². The molecule has 0 atom stereocenters. The molecule has 1 aliphatic carbocycles. The van der Waals surface area contributed by atoms with Gasteiger partial charge in [0.15, 0.2) is 22.4 Å². The number of ether oxygens (including phenoxy) is 3. The van der Waals surface area contributed by atoms with Crippen LogP contribution in [0.15, 0.2) is 64.5 Å². The number of para-hydroxylation sites is 1. The molecule has 0 aliphatic heterocycles. The Kier molecular flexibility index (Phi) is 7.19. The molecule has 1 heterocycles. The average Bonchev–Trinajstić information content (AvgIpc) is 2.95. The number of thioether (sulfide) groups is 1. The van der Waals surface area contributed by atoms with E-state index in [2.05, 4.69) is 6.07 Å². The highest BCUT2D eigenvalue weighted by Gasteiger charge is 2.23.